The monoisotopic (exact) mass is 261 g/mol. The molecule has 0 aromatic carbocycles. The van der Waals surface area contributed by atoms with Crippen LogP contribution in [-0.4, -0.2) is 35.9 Å². The molecule has 0 aromatic rings. The van der Waals surface area contributed by atoms with Gasteiger partial charge >= 0.3 is 0 Å². The summed E-state index contributed by atoms with van der Waals surface area (Å²) >= 11 is 0. The Labute approximate surface area is 113 Å². The van der Waals surface area contributed by atoms with Crippen molar-refractivity contribution in [1.82, 2.24) is 0 Å². The maximum absolute atomic E-state index is 10.1. The number of hydrogen-bond acceptors (Lipinski definition) is 4. The summed E-state index contributed by atoms with van der Waals surface area (Å²) in [6.45, 7) is 3.52. The van der Waals surface area contributed by atoms with Crippen LogP contribution in [0.2, 0.25) is 0 Å². The molecular weight excluding hydrogens is 242 g/mol. The van der Waals surface area contributed by atoms with Crippen molar-refractivity contribution in [3.05, 3.63) is 35.6 Å². The highest BCUT2D eigenvalue weighted by molar-refractivity contribution is 5.97. The van der Waals surface area contributed by atoms with E-state index in [1.54, 1.807) is 21.0 Å². The Hall–Kier alpha value is -1.55. The molecule has 1 saturated heterocycles. The summed E-state index contributed by atoms with van der Waals surface area (Å²) in [5.41, 5.74) is 0.110. The van der Waals surface area contributed by atoms with E-state index in [2.05, 4.69) is 11.1 Å². The van der Waals surface area contributed by atoms with E-state index >= 15 is 0 Å². The fourth-order valence-corrected chi connectivity index (χ4v) is 2.79. The number of fused-ring (bicyclic) bond motifs is 2. The van der Waals surface area contributed by atoms with Gasteiger partial charge in [-0.2, -0.15) is 0 Å². The molecule has 4 heteroatoms. The highest BCUT2D eigenvalue weighted by Crippen LogP contribution is 2.39. The summed E-state index contributed by atoms with van der Waals surface area (Å²) in [6.07, 6.45) is 8.55. The Bertz CT molecular complexity index is 508. The van der Waals surface area contributed by atoms with Gasteiger partial charge in [0, 0.05) is 6.42 Å². The molecule has 2 heterocycles. The lowest BCUT2D eigenvalue weighted by Gasteiger charge is -2.28. The Morgan fingerprint density at radius 2 is 2.11 bits per heavy atom. The molecule has 0 spiro atoms. The number of methoxy groups -OCH3 is 1. The van der Waals surface area contributed by atoms with Crippen LogP contribution >= 0.6 is 0 Å². The number of dihydropyridines is 1. The average molecular weight is 261 g/mol. The quantitative estimate of drug-likeness (QED) is 0.826. The van der Waals surface area contributed by atoms with E-state index in [4.69, 9.17) is 9.47 Å². The first-order valence-corrected chi connectivity index (χ1v) is 6.60. The standard InChI is InChI=1S/C15H19NO3/c1-15(2,17)12-8-10-13(18-3)9-6-4-5-7-11(9)16-14(10)19-12/h4-7,9,11-12,17H,8H2,1-3H3/t9?,11?,12-/m1/s1. The summed E-state index contributed by atoms with van der Waals surface area (Å²) in [4.78, 5) is 4.64. The van der Waals surface area contributed by atoms with Gasteiger partial charge in [0.2, 0.25) is 5.90 Å². The molecule has 3 rings (SSSR count). The van der Waals surface area contributed by atoms with Crippen LogP contribution in [0.15, 0.2) is 40.6 Å². The molecule has 0 bridgehead atoms. The smallest absolute Gasteiger partial charge is 0.216 e. The number of allylic oxidation sites excluding steroid dienone is 2. The lowest BCUT2D eigenvalue weighted by Crippen LogP contribution is -2.35. The van der Waals surface area contributed by atoms with Crippen LogP contribution < -0.4 is 0 Å². The number of rotatable bonds is 2. The molecule has 1 fully saturated rings. The van der Waals surface area contributed by atoms with Gasteiger partial charge in [0.05, 0.1) is 30.2 Å². The van der Waals surface area contributed by atoms with Crippen molar-refractivity contribution in [2.24, 2.45) is 10.9 Å². The maximum atomic E-state index is 10.1. The van der Waals surface area contributed by atoms with Gasteiger partial charge in [0.15, 0.2) is 0 Å². The minimum Gasteiger partial charge on any atom is -0.500 e. The predicted octanol–water partition coefficient (Wildman–Crippen LogP) is 1.97. The molecule has 1 aliphatic carbocycles. The second-order valence-electron chi connectivity index (χ2n) is 5.73. The predicted molar refractivity (Wildman–Crippen MR) is 72.8 cm³/mol. The third kappa shape index (κ3) is 2.00. The number of nitrogens with zero attached hydrogens (tertiary/aromatic N) is 1. The van der Waals surface area contributed by atoms with Gasteiger partial charge in [-0.15, -0.1) is 0 Å². The molecule has 3 atom stereocenters. The number of aliphatic hydroxyl groups is 1. The van der Waals surface area contributed by atoms with Crippen LogP contribution in [0, 0.1) is 5.92 Å². The largest absolute Gasteiger partial charge is 0.500 e. The molecule has 1 N–H and O–H groups in total. The number of ether oxygens (including phenoxy) is 2. The number of aliphatic imine (C=N–C) groups is 1. The minimum atomic E-state index is -0.886. The maximum Gasteiger partial charge on any atom is 0.216 e. The molecule has 0 radical (unpaired) electrons. The third-order valence-electron chi connectivity index (χ3n) is 3.88. The van der Waals surface area contributed by atoms with E-state index < -0.39 is 5.60 Å². The molecule has 4 nitrogen and oxygen atoms in total. The summed E-state index contributed by atoms with van der Waals surface area (Å²) in [7, 11) is 1.69. The van der Waals surface area contributed by atoms with Crippen molar-refractivity contribution in [2.45, 2.75) is 38.0 Å². The van der Waals surface area contributed by atoms with Crippen LogP contribution in [0.3, 0.4) is 0 Å². The van der Waals surface area contributed by atoms with E-state index in [-0.39, 0.29) is 18.1 Å². The lowest BCUT2D eigenvalue weighted by molar-refractivity contribution is -0.0286. The Kier molecular flexibility index (Phi) is 2.78. The van der Waals surface area contributed by atoms with E-state index in [0.717, 1.165) is 11.3 Å². The van der Waals surface area contributed by atoms with Gasteiger partial charge in [-0.05, 0) is 13.8 Å². The summed E-state index contributed by atoms with van der Waals surface area (Å²) in [5, 5.41) is 10.1. The van der Waals surface area contributed by atoms with Crippen molar-refractivity contribution in [3.63, 3.8) is 0 Å². The first kappa shape index (κ1) is 12.5. The van der Waals surface area contributed by atoms with Crippen LogP contribution in [0.4, 0.5) is 0 Å². The Morgan fingerprint density at radius 1 is 1.37 bits per heavy atom. The van der Waals surface area contributed by atoms with Crippen molar-refractivity contribution >= 4 is 5.90 Å². The van der Waals surface area contributed by atoms with Gasteiger partial charge in [-0.3, -0.25) is 0 Å². The molecule has 3 aliphatic rings. The summed E-state index contributed by atoms with van der Waals surface area (Å²) in [6, 6.07) is 0.0410. The molecule has 2 aliphatic heterocycles. The topological polar surface area (TPSA) is 51.0 Å². The molecule has 0 aromatic heterocycles. The zero-order valence-corrected chi connectivity index (χ0v) is 11.5. The van der Waals surface area contributed by atoms with E-state index in [9.17, 15) is 5.11 Å². The van der Waals surface area contributed by atoms with Crippen molar-refractivity contribution in [2.75, 3.05) is 7.11 Å². The van der Waals surface area contributed by atoms with Gasteiger partial charge in [-0.25, -0.2) is 4.99 Å². The van der Waals surface area contributed by atoms with Crippen molar-refractivity contribution in [3.8, 4) is 0 Å². The summed E-state index contributed by atoms with van der Waals surface area (Å²) in [5.74, 6) is 1.70. The van der Waals surface area contributed by atoms with Crippen molar-refractivity contribution < 1.29 is 14.6 Å². The number of hydrogen-bond donors (Lipinski definition) is 1. The third-order valence-corrected chi connectivity index (χ3v) is 3.88. The zero-order chi connectivity index (χ0) is 13.6. The van der Waals surface area contributed by atoms with E-state index in [1.807, 2.05) is 18.2 Å². The van der Waals surface area contributed by atoms with Crippen LogP contribution in [0.5, 0.6) is 0 Å². The van der Waals surface area contributed by atoms with Crippen LogP contribution in [0.1, 0.15) is 20.3 Å². The Morgan fingerprint density at radius 3 is 2.79 bits per heavy atom. The molecule has 0 saturated carbocycles. The second kappa shape index (κ2) is 4.23. The highest BCUT2D eigenvalue weighted by Gasteiger charge is 2.43. The normalized spacial score (nSPS) is 32.6. The molecule has 2 unspecified atom stereocenters. The first-order valence-electron chi connectivity index (χ1n) is 6.60. The lowest BCUT2D eigenvalue weighted by atomic mass is 9.87. The van der Waals surface area contributed by atoms with Crippen LogP contribution in [-0.2, 0) is 9.47 Å². The van der Waals surface area contributed by atoms with Gasteiger partial charge < -0.3 is 14.6 Å². The zero-order valence-electron chi connectivity index (χ0n) is 11.5. The fraction of sp³-hybridized carbons (Fsp3) is 0.533. The SMILES string of the molecule is COC1=C2C[C@H](C(C)(C)O)OC2=NC2C=CC=CC12. The van der Waals surface area contributed by atoms with Crippen LogP contribution in [0.25, 0.3) is 0 Å². The average Bonchev–Trinajstić information content (AvgIpc) is 2.79. The molecule has 0 amide bonds. The molecule has 102 valence electrons. The first-order chi connectivity index (χ1) is 9.00. The van der Waals surface area contributed by atoms with Crippen molar-refractivity contribution in [1.29, 1.82) is 0 Å². The molecular formula is C15H19NO3. The van der Waals surface area contributed by atoms with Gasteiger partial charge in [-0.1, -0.05) is 24.3 Å². The van der Waals surface area contributed by atoms with Gasteiger partial charge in [0.1, 0.15) is 11.9 Å². The van der Waals surface area contributed by atoms with E-state index in [0.29, 0.717) is 12.3 Å². The Balaban J connectivity index is 2.00. The highest BCUT2D eigenvalue weighted by atomic mass is 16.5. The molecule has 19 heavy (non-hydrogen) atoms. The fourth-order valence-electron chi connectivity index (χ4n) is 2.79. The van der Waals surface area contributed by atoms with E-state index in [1.165, 1.54) is 0 Å². The second-order valence-corrected chi connectivity index (χ2v) is 5.73. The minimum absolute atomic E-state index is 0.0410. The summed E-state index contributed by atoms with van der Waals surface area (Å²) < 4.78 is 11.4. The van der Waals surface area contributed by atoms with Gasteiger partial charge in [0.25, 0.3) is 0 Å².